The fourth-order valence-corrected chi connectivity index (χ4v) is 3.94. The van der Waals surface area contributed by atoms with Crippen LogP contribution in [0.25, 0.3) is 0 Å². The maximum absolute atomic E-state index is 13.1. The zero-order valence-electron chi connectivity index (χ0n) is 12.4. The molecule has 3 nitrogen and oxygen atoms in total. The molecule has 3 aromatic rings. The first-order valence-electron chi connectivity index (χ1n) is 7.33. The van der Waals surface area contributed by atoms with E-state index in [-0.39, 0.29) is 11.7 Å². The third-order valence-corrected chi connectivity index (χ3v) is 5.14. The summed E-state index contributed by atoms with van der Waals surface area (Å²) in [4.78, 5) is 16.5. The monoisotopic (exact) mass is 353 g/mol. The summed E-state index contributed by atoms with van der Waals surface area (Å²) in [5, 5.41) is 10.4. The van der Waals surface area contributed by atoms with Crippen LogP contribution in [0.2, 0.25) is 5.02 Å². The Hall–Kier alpha value is -2.43. The highest BCUT2D eigenvalue weighted by atomic mass is 35.5. The molecule has 0 fully saturated rings. The van der Waals surface area contributed by atoms with Gasteiger partial charge in [0, 0.05) is 20.4 Å². The van der Waals surface area contributed by atoms with E-state index in [1.807, 2.05) is 24.3 Å². The van der Waals surface area contributed by atoms with Crippen LogP contribution in [0.4, 0.5) is 11.4 Å². The topological polar surface area (TPSA) is 40.5 Å². The molecule has 118 valence electrons. The third kappa shape index (κ3) is 2.54. The van der Waals surface area contributed by atoms with Gasteiger partial charge < -0.3 is 5.11 Å². The summed E-state index contributed by atoms with van der Waals surface area (Å²) < 4.78 is 0. The van der Waals surface area contributed by atoms with E-state index in [0.717, 1.165) is 21.2 Å². The Morgan fingerprint density at radius 3 is 2.50 bits per heavy atom. The molecule has 0 radical (unpaired) electrons. The van der Waals surface area contributed by atoms with Crippen molar-refractivity contribution in [1.82, 2.24) is 0 Å². The number of anilines is 2. The van der Waals surface area contributed by atoms with Crippen LogP contribution in [-0.2, 0) is 0 Å². The number of amides is 1. The average molecular weight is 354 g/mol. The number of carbonyl (C=O) groups excluding carboxylic acids is 1. The Morgan fingerprint density at radius 2 is 1.71 bits per heavy atom. The largest absolute Gasteiger partial charge is 0.508 e. The lowest BCUT2D eigenvalue weighted by molar-refractivity contribution is 0.0998. The highest BCUT2D eigenvalue weighted by Crippen LogP contribution is 2.50. The summed E-state index contributed by atoms with van der Waals surface area (Å²) in [6.07, 6.45) is 0. The van der Waals surface area contributed by atoms with Crippen molar-refractivity contribution in [3.63, 3.8) is 0 Å². The van der Waals surface area contributed by atoms with E-state index in [2.05, 4.69) is 0 Å². The van der Waals surface area contributed by atoms with Crippen LogP contribution in [0.1, 0.15) is 10.4 Å². The van der Waals surface area contributed by atoms with Gasteiger partial charge in [0.1, 0.15) is 5.75 Å². The number of hydrogen-bond donors (Lipinski definition) is 1. The van der Waals surface area contributed by atoms with Gasteiger partial charge in [0.2, 0.25) is 0 Å². The van der Waals surface area contributed by atoms with Crippen LogP contribution in [-0.4, -0.2) is 11.0 Å². The molecule has 0 saturated carbocycles. The number of fused-ring (bicyclic) bond motifs is 2. The third-order valence-electron chi connectivity index (χ3n) is 3.79. The molecular weight excluding hydrogens is 342 g/mol. The van der Waals surface area contributed by atoms with Crippen LogP contribution in [0.5, 0.6) is 5.75 Å². The second-order valence-corrected chi connectivity index (χ2v) is 6.89. The Labute approximate surface area is 148 Å². The minimum absolute atomic E-state index is 0.133. The Balaban J connectivity index is 1.92. The van der Waals surface area contributed by atoms with E-state index < -0.39 is 0 Å². The SMILES string of the molecule is O=C(c1ccccc1)N1c2ccc(O)cc2Sc2ccc(Cl)cc21. The van der Waals surface area contributed by atoms with Crippen molar-refractivity contribution in [3.8, 4) is 5.75 Å². The highest BCUT2D eigenvalue weighted by molar-refractivity contribution is 7.99. The molecule has 1 aliphatic heterocycles. The fraction of sp³-hybridized carbons (Fsp3) is 0. The number of carbonyl (C=O) groups is 1. The molecule has 1 amide bonds. The Kier molecular flexibility index (Phi) is 3.71. The lowest BCUT2D eigenvalue weighted by atomic mass is 10.1. The van der Waals surface area contributed by atoms with Gasteiger partial charge in [-0.05, 0) is 48.5 Å². The van der Waals surface area contributed by atoms with Crippen molar-refractivity contribution in [3.05, 3.63) is 77.3 Å². The van der Waals surface area contributed by atoms with Gasteiger partial charge in [-0.3, -0.25) is 9.69 Å². The van der Waals surface area contributed by atoms with Gasteiger partial charge in [0.25, 0.3) is 5.91 Å². The van der Waals surface area contributed by atoms with Crippen molar-refractivity contribution < 1.29 is 9.90 Å². The number of rotatable bonds is 1. The summed E-state index contributed by atoms with van der Waals surface area (Å²) in [5.74, 6) is 0.0390. The summed E-state index contributed by atoms with van der Waals surface area (Å²) in [6, 6.07) is 19.6. The molecule has 4 rings (SSSR count). The van der Waals surface area contributed by atoms with E-state index in [4.69, 9.17) is 11.6 Å². The molecule has 0 unspecified atom stereocenters. The zero-order valence-corrected chi connectivity index (χ0v) is 14.0. The lowest BCUT2D eigenvalue weighted by Crippen LogP contribution is -2.28. The fourth-order valence-electron chi connectivity index (χ4n) is 2.70. The summed E-state index contributed by atoms with van der Waals surface area (Å²) in [5.41, 5.74) is 2.08. The number of aromatic hydroxyl groups is 1. The van der Waals surface area contributed by atoms with E-state index >= 15 is 0 Å². The first kappa shape index (κ1) is 15.1. The molecule has 0 saturated heterocycles. The average Bonchev–Trinajstić information content (AvgIpc) is 2.60. The van der Waals surface area contributed by atoms with Crippen molar-refractivity contribution in [2.75, 3.05) is 4.90 Å². The van der Waals surface area contributed by atoms with E-state index in [9.17, 15) is 9.90 Å². The van der Waals surface area contributed by atoms with Crippen molar-refractivity contribution in [1.29, 1.82) is 0 Å². The van der Waals surface area contributed by atoms with Gasteiger partial charge >= 0.3 is 0 Å². The smallest absolute Gasteiger partial charge is 0.262 e. The lowest BCUT2D eigenvalue weighted by Gasteiger charge is -2.31. The van der Waals surface area contributed by atoms with Crippen molar-refractivity contribution in [2.24, 2.45) is 0 Å². The standard InChI is InChI=1S/C19H12ClNO2S/c20-13-6-9-17-16(10-13)21(19(23)12-4-2-1-3-5-12)15-8-7-14(22)11-18(15)24-17/h1-11,22H. The summed E-state index contributed by atoms with van der Waals surface area (Å²) in [7, 11) is 0. The van der Waals surface area contributed by atoms with Gasteiger partial charge in [-0.1, -0.05) is 41.6 Å². The van der Waals surface area contributed by atoms with Crippen LogP contribution < -0.4 is 4.90 Å². The number of phenols is 1. The molecule has 0 bridgehead atoms. The molecule has 1 N–H and O–H groups in total. The first-order valence-corrected chi connectivity index (χ1v) is 8.53. The van der Waals surface area contributed by atoms with E-state index in [1.165, 1.54) is 11.8 Å². The molecule has 0 atom stereocenters. The van der Waals surface area contributed by atoms with Gasteiger partial charge in [0.15, 0.2) is 0 Å². The van der Waals surface area contributed by atoms with Crippen LogP contribution in [0, 0.1) is 0 Å². The van der Waals surface area contributed by atoms with Crippen LogP contribution in [0.15, 0.2) is 76.5 Å². The molecular formula is C19H12ClNO2S. The number of nitrogens with zero attached hydrogens (tertiary/aromatic N) is 1. The number of hydrogen-bond acceptors (Lipinski definition) is 3. The normalized spacial score (nSPS) is 12.5. The van der Waals surface area contributed by atoms with Crippen molar-refractivity contribution >= 4 is 40.6 Å². The predicted octanol–water partition coefficient (Wildman–Crippen LogP) is 5.49. The van der Waals surface area contributed by atoms with E-state index in [0.29, 0.717) is 10.6 Å². The first-order chi connectivity index (χ1) is 11.6. The molecule has 3 aromatic carbocycles. The van der Waals surface area contributed by atoms with Gasteiger partial charge in [-0.2, -0.15) is 0 Å². The molecule has 0 aliphatic carbocycles. The summed E-state index contributed by atoms with van der Waals surface area (Å²) in [6.45, 7) is 0. The number of benzene rings is 3. The van der Waals surface area contributed by atoms with E-state index in [1.54, 1.807) is 47.4 Å². The maximum Gasteiger partial charge on any atom is 0.262 e. The molecule has 0 spiro atoms. The molecule has 5 heteroatoms. The Morgan fingerprint density at radius 1 is 0.917 bits per heavy atom. The second-order valence-electron chi connectivity index (χ2n) is 5.37. The zero-order chi connectivity index (χ0) is 16.7. The van der Waals surface area contributed by atoms with Gasteiger partial charge in [0.05, 0.1) is 11.4 Å². The van der Waals surface area contributed by atoms with Crippen LogP contribution in [0.3, 0.4) is 0 Å². The number of phenolic OH excluding ortho intramolecular Hbond substituents is 1. The van der Waals surface area contributed by atoms with Crippen LogP contribution >= 0.6 is 23.4 Å². The minimum Gasteiger partial charge on any atom is -0.508 e. The van der Waals surface area contributed by atoms with Gasteiger partial charge in [-0.15, -0.1) is 0 Å². The molecule has 0 aromatic heterocycles. The molecule has 1 aliphatic rings. The number of halogens is 1. The quantitative estimate of drug-likeness (QED) is 0.629. The predicted molar refractivity (Wildman–Crippen MR) is 96.6 cm³/mol. The van der Waals surface area contributed by atoms with Crippen molar-refractivity contribution in [2.45, 2.75) is 9.79 Å². The molecule has 1 heterocycles. The molecule has 24 heavy (non-hydrogen) atoms. The Bertz CT molecular complexity index is 943. The highest BCUT2D eigenvalue weighted by Gasteiger charge is 2.29. The maximum atomic E-state index is 13.1. The minimum atomic E-state index is -0.133. The summed E-state index contributed by atoms with van der Waals surface area (Å²) >= 11 is 7.67. The second kappa shape index (κ2) is 5.89. The van der Waals surface area contributed by atoms with Gasteiger partial charge in [-0.25, -0.2) is 0 Å².